The number of amides is 4. The molecule has 11 nitrogen and oxygen atoms in total. The Kier molecular flexibility index (Phi) is 9.56. The standard InChI is InChI=1S/C23H29N3O8/c1-2-31-10-11-33-14-15-34-13-12-32-9-8-24-17-5-3-4-16-20(17)23(30)26(22(16)29)18-6-7-19(27)25-21(18)28/h2-5,18,24H,1,6-15H2,(H,25,27,28). The van der Waals surface area contributed by atoms with E-state index in [0.717, 1.165) is 4.90 Å². The predicted molar refractivity (Wildman–Crippen MR) is 120 cm³/mol. The summed E-state index contributed by atoms with van der Waals surface area (Å²) in [7, 11) is 0. The third-order valence-electron chi connectivity index (χ3n) is 5.24. The molecule has 3 rings (SSSR count). The van der Waals surface area contributed by atoms with Crippen LogP contribution in [0.1, 0.15) is 33.6 Å². The highest BCUT2D eigenvalue weighted by atomic mass is 16.6. The van der Waals surface area contributed by atoms with Gasteiger partial charge in [-0.1, -0.05) is 12.6 Å². The molecule has 2 heterocycles. The first kappa shape index (κ1) is 25.3. The number of rotatable bonds is 15. The second-order valence-corrected chi connectivity index (χ2v) is 7.48. The number of piperidine rings is 1. The zero-order valence-corrected chi connectivity index (χ0v) is 18.9. The van der Waals surface area contributed by atoms with Gasteiger partial charge in [0.2, 0.25) is 11.8 Å². The number of nitrogens with one attached hydrogen (secondary N) is 2. The molecule has 184 valence electrons. The largest absolute Gasteiger partial charge is 0.499 e. The second kappa shape index (κ2) is 12.8. The fourth-order valence-corrected chi connectivity index (χ4v) is 3.65. The Morgan fingerprint density at radius 1 is 0.971 bits per heavy atom. The second-order valence-electron chi connectivity index (χ2n) is 7.48. The van der Waals surface area contributed by atoms with E-state index in [1.165, 1.54) is 6.26 Å². The first-order valence-electron chi connectivity index (χ1n) is 11.1. The zero-order valence-electron chi connectivity index (χ0n) is 18.9. The summed E-state index contributed by atoms with van der Waals surface area (Å²) in [6.07, 6.45) is 1.56. The van der Waals surface area contributed by atoms with Crippen molar-refractivity contribution < 1.29 is 38.1 Å². The van der Waals surface area contributed by atoms with Gasteiger partial charge < -0.3 is 24.3 Å². The number of fused-ring (bicyclic) bond motifs is 1. The number of carbonyl (C=O) groups excluding carboxylic acids is 4. The maximum absolute atomic E-state index is 13.0. The number of hydrogen-bond acceptors (Lipinski definition) is 9. The van der Waals surface area contributed by atoms with Gasteiger partial charge in [0.25, 0.3) is 11.8 Å². The van der Waals surface area contributed by atoms with Crippen molar-refractivity contribution in [1.29, 1.82) is 0 Å². The van der Waals surface area contributed by atoms with Gasteiger partial charge in [0.15, 0.2) is 0 Å². The molecule has 1 fully saturated rings. The average Bonchev–Trinajstić information content (AvgIpc) is 3.08. The number of nitrogens with zero attached hydrogens (tertiary/aromatic N) is 1. The molecule has 0 radical (unpaired) electrons. The Balaban J connectivity index is 1.39. The van der Waals surface area contributed by atoms with Gasteiger partial charge >= 0.3 is 0 Å². The summed E-state index contributed by atoms with van der Waals surface area (Å²) in [5.74, 6) is -2.13. The SMILES string of the molecule is C=COCCOCCOCCOCCNc1cccc2c1C(=O)N(C1CCC(=O)NC1=O)C2=O. The van der Waals surface area contributed by atoms with E-state index in [-0.39, 0.29) is 24.0 Å². The highest BCUT2D eigenvalue weighted by Crippen LogP contribution is 2.32. The van der Waals surface area contributed by atoms with E-state index in [0.29, 0.717) is 58.5 Å². The molecule has 0 saturated carbocycles. The lowest BCUT2D eigenvalue weighted by molar-refractivity contribution is -0.136. The molecule has 2 aliphatic rings. The maximum Gasteiger partial charge on any atom is 0.264 e. The number of anilines is 1. The third kappa shape index (κ3) is 6.40. The van der Waals surface area contributed by atoms with E-state index in [9.17, 15) is 19.2 Å². The third-order valence-corrected chi connectivity index (χ3v) is 5.24. The van der Waals surface area contributed by atoms with E-state index in [4.69, 9.17) is 18.9 Å². The molecule has 0 aromatic heterocycles. The number of hydrogen-bond donors (Lipinski definition) is 2. The highest BCUT2D eigenvalue weighted by molar-refractivity contribution is 6.25. The van der Waals surface area contributed by atoms with E-state index in [1.54, 1.807) is 18.2 Å². The fraction of sp³-hybridized carbons (Fsp3) is 0.478. The summed E-state index contributed by atoms with van der Waals surface area (Å²) in [6.45, 7) is 6.86. The zero-order chi connectivity index (χ0) is 24.3. The molecule has 1 aromatic carbocycles. The van der Waals surface area contributed by atoms with E-state index >= 15 is 0 Å². The maximum atomic E-state index is 13.0. The average molecular weight is 475 g/mol. The van der Waals surface area contributed by atoms with Crippen molar-refractivity contribution in [1.82, 2.24) is 10.2 Å². The van der Waals surface area contributed by atoms with Crippen LogP contribution in [-0.4, -0.2) is 87.4 Å². The van der Waals surface area contributed by atoms with E-state index in [1.807, 2.05) is 0 Å². The van der Waals surface area contributed by atoms with Crippen LogP contribution in [0.3, 0.4) is 0 Å². The Labute approximate surface area is 197 Å². The minimum Gasteiger partial charge on any atom is -0.499 e. The number of carbonyl (C=O) groups is 4. The highest BCUT2D eigenvalue weighted by Gasteiger charge is 2.45. The Bertz CT molecular complexity index is 919. The van der Waals surface area contributed by atoms with Crippen LogP contribution in [0.25, 0.3) is 0 Å². The van der Waals surface area contributed by atoms with Crippen molar-refractivity contribution in [3.8, 4) is 0 Å². The normalized spacial score (nSPS) is 17.5. The van der Waals surface area contributed by atoms with Crippen molar-refractivity contribution >= 4 is 29.3 Å². The summed E-state index contributed by atoms with van der Waals surface area (Å²) >= 11 is 0. The molecule has 1 unspecified atom stereocenters. The monoisotopic (exact) mass is 475 g/mol. The van der Waals surface area contributed by atoms with Gasteiger partial charge in [0.1, 0.15) is 12.6 Å². The van der Waals surface area contributed by atoms with Crippen LogP contribution >= 0.6 is 0 Å². The molecule has 1 atom stereocenters. The number of benzene rings is 1. The summed E-state index contributed by atoms with van der Waals surface area (Å²) in [6, 6.07) is 3.92. The van der Waals surface area contributed by atoms with Crippen LogP contribution in [0.5, 0.6) is 0 Å². The van der Waals surface area contributed by atoms with Crippen LogP contribution in [0.2, 0.25) is 0 Å². The Morgan fingerprint density at radius 2 is 1.65 bits per heavy atom. The van der Waals surface area contributed by atoms with Crippen LogP contribution < -0.4 is 10.6 Å². The molecule has 0 aliphatic carbocycles. The molecule has 1 aromatic rings. The van der Waals surface area contributed by atoms with Crippen LogP contribution in [-0.2, 0) is 28.5 Å². The summed E-state index contributed by atoms with van der Waals surface area (Å²) < 4.78 is 21.2. The Hall–Kier alpha value is -3.28. The molecule has 0 bridgehead atoms. The Morgan fingerprint density at radius 3 is 2.32 bits per heavy atom. The number of ether oxygens (including phenoxy) is 4. The topological polar surface area (TPSA) is 132 Å². The van der Waals surface area contributed by atoms with Crippen molar-refractivity contribution in [2.75, 3.05) is 58.1 Å². The van der Waals surface area contributed by atoms with Crippen molar-refractivity contribution in [3.05, 3.63) is 42.2 Å². The van der Waals surface area contributed by atoms with Gasteiger partial charge in [-0.3, -0.25) is 29.4 Å². The van der Waals surface area contributed by atoms with Gasteiger partial charge in [-0.2, -0.15) is 0 Å². The van der Waals surface area contributed by atoms with Gasteiger partial charge in [-0.05, 0) is 18.6 Å². The predicted octanol–water partition coefficient (Wildman–Crippen LogP) is 0.710. The summed E-state index contributed by atoms with van der Waals surface area (Å²) in [4.78, 5) is 50.4. The van der Waals surface area contributed by atoms with Crippen molar-refractivity contribution in [3.63, 3.8) is 0 Å². The van der Waals surface area contributed by atoms with Crippen LogP contribution in [0, 0.1) is 0 Å². The molecule has 2 N–H and O–H groups in total. The first-order chi connectivity index (χ1) is 16.5. The molecule has 11 heteroatoms. The van der Waals surface area contributed by atoms with Crippen LogP contribution in [0.4, 0.5) is 5.69 Å². The van der Waals surface area contributed by atoms with Gasteiger partial charge in [0.05, 0.1) is 57.0 Å². The van der Waals surface area contributed by atoms with E-state index < -0.39 is 29.7 Å². The first-order valence-corrected chi connectivity index (χ1v) is 11.1. The van der Waals surface area contributed by atoms with Gasteiger partial charge in [-0.15, -0.1) is 0 Å². The van der Waals surface area contributed by atoms with E-state index in [2.05, 4.69) is 17.2 Å². The minimum atomic E-state index is -0.993. The lowest BCUT2D eigenvalue weighted by atomic mass is 10.0. The molecule has 2 aliphatic heterocycles. The van der Waals surface area contributed by atoms with Crippen molar-refractivity contribution in [2.45, 2.75) is 18.9 Å². The molecular weight excluding hydrogens is 446 g/mol. The fourth-order valence-electron chi connectivity index (χ4n) is 3.65. The number of imide groups is 2. The lowest BCUT2D eigenvalue weighted by Gasteiger charge is -2.27. The quantitative estimate of drug-likeness (QED) is 0.214. The summed E-state index contributed by atoms with van der Waals surface area (Å²) in [5.41, 5.74) is 0.939. The minimum absolute atomic E-state index is 0.0771. The molecule has 0 spiro atoms. The molecule has 1 saturated heterocycles. The van der Waals surface area contributed by atoms with Crippen LogP contribution in [0.15, 0.2) is 31.0 Å². The molecule has 34 heavy (non-hydrogen) atoms. The lowest BCUT2D eigenvalue weighted by Crippen LogP contribution is -2.54. The van der Waals surface area contributed by atoms with Gasteiger partial charge in [0, 0.05) is 18.7 Å². The molecular formula is C23H29N3O8. The summed E-state index contributed by atoms with van der Waals surface area (Å²) in [5, 5.41) is 5.30. The molecule has 4 amide bonds. The smallest absolute Gasteiger partial charge is 0.264 e. The van der Waals surface area contributed by atoms with Gasteiger partial charge in [-0.25, -0.2) is 0 Å². The van der Waals surface area contributed by atoms with Crippen molar-refractivity contribution in [2.24, 2.45) is 0 Å².